The van der Waals surface area contributed by atoms with Gasteiger partial charge in [-0.05, 0) is 36.5 Å². The average molecular weight is 192 g/mol. The summed E-state index contributed by atoms with van der Waals surface area (Å²) in [5.74, 6) is 1.01. The molecule has 78 valence electrons. The van der Waals surface area contributed by atoms with Crippen LogP contribution >= 0.6 is 0 Å². The molecule has 0 fully saturated rings. The van der Waals surface area contributed by atoms with Crippen molar-refractivity contribution in [2.45, 2.75) is 45.4 Å². The molecule has 0 aliphatic heterocycles. The van der Waals surface area contributed by atoms with Crippen molar-refractivity contribution in [3.05, 3.63) is 29.8 Å². The highest BCUT2D eigenvalue weighted by Crippen LogP contribution is 2.28. The second kappa shape index (κ2) is 5.69. The first-order chi connectivity index (χ1) is 6.77. The maximum Gasteiger partial charge on any atom is 0.115 e. The predicted molar refractivity (Wildman–Crippen MR) is 60.7 cm³/mol. The summed E-state index contributed by atoms with van der Waals surface area (Å²) in [5, 5.41) is 9.40. The van der Waals surface area contributed by atoms with E-state index < -0.39 is 0 Å². The van der Waals surface area contributed by atoms with Crippen LogP contribution in [0.4, 0.5) is 0 Å². The van der Waals surface area contributed by atoms with Crippen LogP contribution in [0.5, 0.6) is 5.75 Å². The molecule has 1 aromatic carbocycles. The van der Waals surface area contributed by atoms with Gasteiger partial charge in [0, 0.05) is 0 Å². The lowest BCUT2D eigenvalue weighted by Crippen LogP contribution is -1.97. The topological polar surface area (TPSA) is 20.2 Å². The van der Waals surface area contributed by atoms with Crippen molar-refractivity contribution >= 4 is 0 Å². The molecule has 0 aromatic heterocycles. The molecule has 1 heteroatoms. The van der Waals surface area contributed by atoms with E-state index in [-0.39, 0.29) is 0 Å². The zero-order chi connectivity index (χ0) is 10.4. The van der Waals surface area contributed by atoms with Crippen molar-refractivity contribution in [2.75, 3.05) is 0 Å². The molecule has 0 spiro atoms. The summed E-state index contributed by atoms with van der Waals surface area (Å²) < 4.78 is 0. The Morgan fingerprint density at radius 1 is 1.14 bits per heavy atom. The normalized spacial score (nSPS) is 10.8. The fraction of sp³-hybridized carbons (Fsp3) is 0.538. The third-order valence-corrected chi connectivity index (χ3v) is 2.62. The van der Waals surface area contributed by atoms with Crippen molar-refractivity contribution in [3.8, 4) is 5.75 Å². The lowest BCUT2D eigenvalue weighted by molar-refractivity contribution is 0.471. The van der Waals surface area contributed by atoms with Crippen molar-refractivity contribution in [1.29, 1.82) is 0 Å². The standard InChI is InChI=1S/C13H20O/c1-3-6-11(7-4-2)12-8-5-9-13(14)10-12/h5,8-11,14H,3-4,6-7H2,1-2H3. The molecular weight excluding hydrogens is 172 g/mol. The highest BCUT2D eigenvalue weighted by Gasteiger charge is 2.09. The number of rotatable bonds is 5. The van der Waals surface area contributed by atoms with Gasteiger partial charge in [0.1, 0.15) is 5.75 Å². The van der Waals surface area contributed by atoms with Crippen molar-refractivity contribution in [1.82, 2.24) is 0 Å². The van der Waals surface area contributed by atoms with Gasteiger partial charge in [-0.1, -0.05) is 38.8 Å². The van der Waals surface area contributed by atoms with Gasteiger partial charge in [-0.15, -0.1) is 0 Å². The summed E-state index contributed by atoms with van der Waals surface area (Å²) in [6.45, 7) is 4.43. The Morgan fingerprint density at radius 3 is 2.29 bits per heavy atom. The Hall–Kier alpha value is -0.980. The van der Waals surface area contributed by atoms with E-state index in [4.69, 9.17) is 0 Å². The van der Waals surface area contributed by atoms with Crippen LogP contribution in [-0.4, -0.2) is 5.11 Å². The number of benzene rings is 1. The third-order valence-electron chi connectivity index (χ3n) is 2.62. The lowest BCUT2D eigenvalue weighted by atomic mass is 9.90. The van der Waals surface area contributed by atoms with E-state index in [0.29, 0.717) is 11.7 Å². The maximum atomic E-state index is 9.40. The minimum absolute atomic E-state index is 0.389. The number of aromatic hydroxyl groups is 1. The molecule has 0 saturated carbocycles. The van der Waals surface area contributed by atoms with Crippen molar-refractivity contribution in [2.24, 2.45) is 0 Å². The smallest absolute Gasteiger partial charge is 0.115 e. The monoisotopic (exact) mass is 192 g/mol. The zero-order valence-corrected chi connectivity index (χ0v) is 9.16. The van der Waals surface area contributed by atoms with Gasteiger partial charge in [0.2, 0.25) is 0 Å². The molecule has 0 unspecified atom stereocenters. The molecule has 1 N–H and O–H groups in total. The molecule has 14 heavy (non-hydrogen) atoms. The molecule has 0 aliphatic carbocycles. The fourth-order valence-electron chi connectivity index (χ4n) is 1.95. The molecule has 0 aliphatic rings. The van der Waals surface area contributed by atoms with Crippen LogP contribution < -0.4 is 0 Å². The molecule has 0 amide bonds. The Bertz CT molecular complexity index is 262. The summed E-state index contributed by atoms with van der Waals surface area (Å²) in [5.41, 5.74) is 1.29. The highest BCUT2D eigenvalue weighted by molar-refractivity contribution is 5.29. The van der Waals surface area contributed by atoms with Gasteiger partial charge in [0.15, 0.2) is 0 Å². The van der Waals surface area contributed by atoms with Gasteiger partial charge >= 0.3 is 0 Å². The van der Waals surface area contributed by atoms with Crippen LogP contribution in [0.3, 0.4) is 0 Å². The number of hydrogen-bond acceptors (Lipinski definition) is 1. The SMILES string of the molecule is CCCC(CCC)c1cccc(O)c1. The zero-order valence-electron chi connectivity index (χ0n) is 9.16. The lowest BCUT2D eigenvalue weighted by Gasteiger charge is -2.15. The molecule has 0 bridgehead atoms. The first-order valence-corrected chi connectivity index (χ1v) is 5.56. The quantitative estimate of drug-likeness (QED) is 0.745. The van der Waals surface area contributed by atoms with Crippen LogP contribution in [0.2, 0.25) is 0 Å². The molecule has 0 atom stereocenters. The van der Waals surface area contributed by atoms with Crippen LogP contribution in [0.25, 0.3) is 0 Å². The number of phenolic OH excluding ortho intramolecular Hbond substituents is 1. The molecule has 0 radical (unpaired) electrons. The van der Waals surface area contributed by atoms with E-state index >= 15 is 0 Å². The van der Waals surface area contributed by atoms with Crippen molar-refractivity contribution < 1.29 is 5.11 Å². The average Bonchev–Trinajstić information content (AvgIpc) is 2.17. The van der Waals surface area contributed by atoms with Crippen molar-refractivity contribution in [3.63, 3.8) is 0 Å². The predicted octanol–water partition coefficient (Wildman–Crippen LogP) is 4.08. The van der Waals surface area contributed by atoms with Crippen LogP contribution in [-0.2, 0) is 0 Å². The summed E-state index contributed by atoms with van der Waals surface area (Å²) in [6, 6.07) is 7.69. The minimum Gasteiger partial charge on any atom is -0.508 e. The van der Waals surface area contributed by atoms with E-state index in [9.17, 15) is 5.11 Å². The molecular formula is C13H20O. The number of phenols is 1. The first-order valence-electron chi connectivity index (χ1n) is 5.56. The van der Waals surface area contributed by atoms with E-state index in [1.165, 1.54) is 31.2 Å². The van der Waals surface area contributed by atoms with Crippen LogP contribution in [0.15, 0.2) is 24.3 Å². The summed E-state index contributed by atoms with van der Waals surface area (Å²) in [4.78, 5) is 0. The van der Waals surface area contributed by atoms with E-state index in [1.54, 1.807) is 6.07 Å². The van der Waals surface area contributed by atoms with Gasteiger partial charge in [0.25, 0.3) is 0 Å². The van der Waals surface area contributed by atoms with E-state index in [2.05, 4.69) is 19.9 Å². The third kappa shape index (κ3) is 3.06. The first kappa shape index (κ1) is 11.1. The number of hydrogen-bond donors (Lipinski definition) is 1. The van der Waals surface area contributed by atoms with E-state index in [1.807, 2.05) is 12.1 Å². The maximum absolute atomic E-state index is 9.40. The van der Waals surface area contributed by atoms with Crippen LogP contribution in [0, 0.1) is 0 Å². The Kier molecular flexibility index (Phi) is 4.51. The molecule has 1 rings (SSSR count). The van der Waals surface area contributed by atoms with Crippen LogP contribution in [0.1, 0.15) is 51.0 Å². The van der Waals surface area contributed by atoms with Gasteiger partial charge < -0.3 is 5.11 Å². The Morgan fingerprint density at radius 2 is 1.79 bits per heavy atom. The second-order valence-electron chi connectivity index (χ2n) is 3.87. The molecule has 1 aromatic rings. The van der Waals surface area contributed by atoms with Gasteiger partial charge in [-0.3, -0.25) is 0 Å². The van der Waals surface area contributed by atoms with Gasteiger partial charge in [-0.25, -0.2) is 0 Å². The Labute approximate surface area is 86.8 Å². The molecule has 0 heterocycles. The summed E-state index contributed by atoms with van der Waals surface area (Å²) in [7, 11) is 0. The summed E-state index contributed by atoms with van der Waals surface area (Å²) >= 11 is 0. The molecule has 1 nitrogen and oxygen atoms in total. The second-order valence-corrected chi connectivity index (χ2v) is 3.87. The highest BCUT2D eigenvalue weighted by atomic mass is 16.3. The largest absolute Gasteiger partial charge is 0.508 e. The Balaban J connectivity index is 2.75. The van der Waals surface area contributed by atoms with Gasteiger partial charge in [0.05, 0.1) is 0 Å². The van der Waals surface area contributed by atoms with E-state index in [0.717, 1.165) is 0 Å². The molecule has 0 saturated heterocycles. The minimum atomic E-state index is 0.389. The summed E-state index contributed by atoms with van der Waals surface area (Å²) in [6.07, 6.45) is 4.86. The fourth-order valence-corrected chi connectivity index (χ4v) is 1.95. The van der Waals surface area contributed by atoms with Gasteiger partial charge in [-0.2, -0.15) is 0 Å².